The van der Waals surface area contributed by atoms with Crippen molar-refractivity contribution in [2.75, 3.05) is 36.4 Å². The minimum atomic E-state index is -0.0484. The molecule has 2 aromatic rings. The first-order valence-electron chi connectivity index (χ1n) is 12.9. The van der Waals surface area contributed by atoms with Crippen LogP contribution in [0.25, 0.3) is 0 Å². The zero-order chi connectivity index (χ0) is 23.3. The lowest BCUT2D eigenvalue weighted by molar-refractivity contribution is -0.137. The van der Waals surface area contributed by atoms with E-state index >= 15 is 0 Å². The van der Waals surface area contributed by atoms with Gasteiger partial charge in [-0.3, -0.25) is 9.59 Å². The Morgan fingerprint density at radius 3 is 2.32 bits per heavy atom. The molecule has 1 atom stereocenters. The van der Waals surface area contributed by atoms with Gasteiger partial charge in [0.2, 0.25) is 11.8 Å². The number of carbonyl (C=O) groups is 2. The molecule has 1 aromatic carbocycles. The Bertz CT molecular complexity index is 966. The molecule has 5 rings (SSSR count). The highest BCUT2D eigenvalue weighted by atomic mass is 16.2. The molecule has 1 aromatic heterocycles. The highest BCUT2D eigenvalue weighted by Crippen LogP contribution is 2.32. The lowest BCUT2D eigenvalue weighted by Gasteiger charge is -2.35. The summed E-state index contributed by atoms with van der Waals surface area (Å²) in [6, 6.07) is 12.1. The summed E-state index contributed by atoms with van der Waals surface area (Å²) in [6.45, 7) is 3.21. The van der Waals surface area contributed by atoms with Crippen molar-refractivity contribution in [1.29, 1.82) is 0 Å². The number of hydrogen-bond acceptors (Lipinski definition) is 5. The van der Waals surface area contributed by atoms with Crippen LogP contribution in [0, 0.1) is 11.8 Å². The van der Waals surface area contributed by atoms with Gasteiger partial charge in [-0.25, -0.2) is 0 Å². The number of carbonyl (C=O) groups excluding carboxylic acids is 2. The van der Waals surface area contributed by atoms with Gasteiger partial charge in [0.25, 0.3) is 0 Å². The smallest absolute Gasteiger partial charge is 0.229 e. The van der Waals surface area contributed by atoms with Crippen LogP contribution in [0.3, 0.4) is 0 Å². The maximum atomic E-state index is 12.8. The lowest BCUT2D eigenvalue weighted by Crippen LogP contribution is -2.41. The van der Waals surface area contributed by atoms with Crippen LogP contribution in [-0.2, 0) is 9.59 Å². The highest BCUT2D eigenvalue weighted by molar-refractivity contribution is 5.93. The zero-order valence-corrected chi connectivity index (χ0v) is 19.9. The summed E-state index contributed by atoms with van der Waals surface area (Å²) >= 11 is 0. The summed E-state index contributed by atoms with van der Waals surface area (Å²) in [7, 11) is 0. The number of nitrogens with one attached hydrogen (secondary N) is 1. The monoisotopic (exact) mass is 461 g/mol. The van der Waals surface area contributed by atoms with Crippen molar-refractivity contribution in [1.82, 2.24) is 15.1 Å². The van der Waals surface area contributed by atoms with Gasteiger partial charge < -0.3 is 15.1 Å². The van der Waals surface area contributed by atoms with E-state index < -0.39 is 0 Å². The number of anilines is 2. The van der Waals surface area contributed by atoms with E-state index in [1.807, 2.05) is 24.3 Å². The summed E-state index contributed by atoms with van der Waals surface area (Å²) in [5.41, 5.74) is 2.15. The van der Waals surface area contributed by atoms with Crippen molar-refractivity contribution >= 4 is 23.3 Å². The second-order valence-electron chi connectivity index (χ2n) is 10.1. The van der Waals surface area contributed by atoms with Crippen LogP contribution in [-0.4, -0.2) is 53.1 Å². The summed E-state index contributed by atoms with van der Waals surface area (Å²) in [6.07, 6.45) is 10.4. The second-order valence-corrected chi connectivity index (χ2v) is 10.1. The van der Waals surface area contributed by atoms with Crippen molar-refractivity contribution < 1.29 is 9.59 Å². The molecule has 3 aliphatic rings. The van der Waals surface area contributed by atoms with Crippen LogP contribution in [0.5, 0.6) is 0 Å². The molecule has 0 bridgehead atoms. The molecule has 34 heavy (non-hydrogen) atoms. The van der Waals surface area contributed by atoms with Gasteiger partial charge in [0.05, 0.1) is 5.92 Å². The molecule has 2 aliphatic heterocycles. The Balaban J connectivity index is 1.10. The first-order chi connectivity index (χ1) is 16.7. The second kappa shape index (κ2) is 10.5. The van der Waals surface area contributed by atoms with Gasteiger partial charge in [-0.1, -0.05) is 31.4 Å². The first kappa shape index (κ1) is 22.8. The summed E-state index contributed by atoms with van der Waals surface area (Å²) < 4.78 is 0. The van der Waals surface area contributed by atoms with Crippen molar-refractivity contribution in [3.05, 3.63) is 48.2 Å². The van der Waals surface area contributed by atoms with E-state index in [-0.39, 0.29) is 17.7 Å². The Morgan fingerprint density at radius 1 is 0.853 bits per heavy atom. The minimum Gasteiger partial charge on any atom is -0.354 e. The standard InChI is InChI=1S/C27H35N5O2/c33-26(23-14-18-32(19-23)25-7-4-15-28-30-25)29-24-10-8-20(9-11-24)21-12-16-31(17-13-21)27(34)22-5-2-1-3-6-22/h4,7-11,15,21-23H,1-3,5-6,12-14,16-19H2,(H,29,33). The van der Waals surface area contributed by atoms with E-state index in [0.717, 1.165) is 63.2 Å². The average molecular weight is 462 g/mol. The predicted octanol–water partition coefficient (Wildman–Crippen LogP) is 4.23. The predicted molar refractivity (Wildman–Crippen MR) is 133 cm³/mol. The van der Waals surface area contributed by atoms with Gasteiger partial charge in [0.15, 0.2) is 5.82 Å². The molecular weight excluding hydrogens is 426 g/mol. The Kier molecular flexibility index (Phi) is 7.07. The largest absolute Gasteiger partial charge is 0.354 e. The van der Waals surface area contributed by atoms with Gasteiger partial charge >= 0.3 is 0 Å². The van der Waals surface area contributed by atoms with E-state index in [1.165, 1.54) is 24.8 Å². The highest BCUT2D eigenvalue weighted by Gasteiger charge is 2.31. The van der Waals surface area contributed by atoms with Crippen molar-refractivity contribution in [3.8, 4) is 0 Å². The SMILES string of the molecule is O=C(Nc1ccc(C2CCN(C(=O)C3CCCCC3)CC2)cc1)C1CCN(c2cccnn2)C1. The van der Waals surface area contributed by atoms with Gasteiger partial charge in [-0.05, 0) is 67.9 Å². The third-order valence-corrected chi connectivity index (χ3v) is 7.85. The van der Waals surface area contributed by atoms with Crippen molar-refractivity contribution in [3.63, 3.8) is 0 Å². The molecule has 1 aliphatic carbocycles. The maximum absolute atomic E-state index is 12.8. The fraction of sp³-hybridized carbons (Fsp3) is 0.556. The van der Waals surface area contributed by atoms with Crippen molar-refractivity contribution in [2.24, 2.45) is 11.8 Å². The fourth-order valence-electron chi connectivity index (χ4n) is 5.77. The molecule has 3 fully saturated rings. The summed E-state index contributed by atoms with van der Waals surface area (Å²) in [5, 5.41) is 11.2. The lowest BCUT2D eigenvalue weighted by atomic mass is 9.86. The van der Waals surface area contributed by atoms with Gasteiger partial charge in [-0.15, -0.1) is 5.10 Å². The van der Waals surface area contributed by atoms with Gasteiger partial charge in [0, 0.05) is 44.0 Å². The maximum Gasteiger partial charge on any atom is 0.229 e. The fourth-order valence-corrected chi connectivity index (χ4v) is 5.77. The molecule has 7 nitrogen and oxygen atoms in total. The van der Waals surface area contributed by atoms with Crippen LogP contribution >= 0.6 is 0 Å². The molecular formula is C27H35N5O2. The minimum absolute atomic E-state index is 0.0484. The third-order valence-electron chi connectivity index (χ3n) is 7.85. The number of hydrogen-bond donors (Lipinski definition) is 1. The number of aromatic nitrogens is 2. The number of likely N-dealkylation sites (tertiary alicyclic amines) is 1. The van der Waals surface area contributed by atoms with E-state index in [1.54, 1.807) is 6.20 Å². The van der Waals surface area contributed by atoms with Crippen LogP contribution in [0.4, 0.5) is 11.5 Å². The normalized spacial score (nSPS) is 22.1. The van der Waals surface area contributed by atoms with Crippen LogP contribution in [0.2, 0.25) is 0 Å². The van der Waals surface area contributed by atoms with Crippen LogP contribution in [0.15, 0.2) is 42.6 Å². The van der Waals surface area contributed by atoms with Gasteiger partial charge in [-0.2, -0.15) is 5.10 Å². The van der Waals surface area contributed by atoms with E-state index in [2.05, 4.69) is 37.4 Å². The number of nitrogens with zero attached hydrogens (tertiary/aromatic N) is 4. The molecule has 1 saturated carbocycles. The number of piperidine rings is 1. The van der Waals surface area contributed by atoms with Gasteiger partial charge in [0.1, 0.15) is 0 Å². The Labute approximate surface area is 201 Å². The molecule has 2 amide bonds. The van der Waals surface area contributed by atoms with Crippen LogP contribution < -0.4 is 10.2 Å². The van der Waals surface area contributed by atoms with Crippen molar-refractivity contribution in [2.45, 2.75) is 57.3 Å². The molecule has 1 unspecified atom stereocenters. The number of benzene rings is 1. The number of amides is 2. The van der Waals surface area contributed by atoms with E-state index in [0.29, 0.717) is 18.4 Å². The number of rotatable bonds is 5. The summed E-state index contributed by atoms with van der Waals surface area (Å²) in [5.74, 6) is 1.98. The topological polar surface area (TPSA) is 78.4 Å². The Morgan fingerprint density at radius 2 is 1.62 bits per heavy atom. The molecule has 1 N–H and O–H groups in total. The zero-order valence-electron chi connectivity index (χ0n) is 19.9. The average Bonchev–Trinajstić information content (AvgIpc) is 3.41. The first-order valence-corrected chi connectivity index (χ1v) is 12.9. The molecule has 0 spiro atoms. The molecule has 2 saturated heterocycles. The van der Waals surface area contributed by atoms with Crippen LogP contribution in [0.1, 0.15) is 62.8 Å². The Hall–Kier alpha value is -2.96. The molecule has 0 radical (unpaired) electrons. The molecule has 7 heteroatoms. The van der Waals surface area contributed by atoms with E-state index in [9.17, 15) is 9.59 Å². The molecule has 3 heterocycles. The summed E-state index contributed by atoms with van der Waals surface area (Å²) in [4.78, 5) is 29.8. The molecule has 180 valence electrons. The third kappa shape index (κ3) is 5.24. The van der Waals surface area contributed by atoms with E-state index in [4.69, 9.17) is 0 Å². The quantitative estimate of drug-likeness (QED) is 0.721.